The Hall–Kier alpha value is -0.600. The molecule has 18 nitrogen and oxygen atoms in total. The summed E-state index contributed by atoms with van der Waals surface area (Å²) in [7, 11) is -2.72. The van der Waals surface area contributed by atoms with Gasteiger partial charge in [-0.25, -0.2) is 8.42 Å². The second-order valence-corrected chi connectivity index (χ2v) is 37.3. The van der Waals surface area contributed by atoms with Gasteiger partial charge in [0, 0.05) is 103 Å². The lowest BCUT2D eigenvalue weighted by Crippen LogP contribution is -2.37. The van der Waals surface area contributed by atoms with Crippen LogP contribution in [-0.4, -0.2) is 142 Å². The zero-order valence-electron chi connectivity index (χ0n) is 64.3. The molecule has 15 fully saturated rings. The van der Waals surface area contributed by atoms with Crippen molar-refractivity contribution in [1.29, 1.82) is 0 Å². The highest BCUT2D eigenvalue weighted by molar-refractivity contribution is 7.99. The molecule has 16 rings (SSSR count). The van der Waals surface area contributed by atoms with Crippen LogP contribution in [0, 0.1) is 35.5 Å². The molecule has 588 valence electrons. The lowest BCUT2D eigenvalue weighted by atomic mass is 9.84. The summed E-state index contributed by atoms with van der Waals surface area (Å²) in [6.07, 6.45) is 63.9. The summed E-state index contributed by atoms with van der Waals surface area (Å²) in [5, 5.41) is 0. The first-order chi connectivity index (χ1) is 47.3. The van der Waals surface area contributed by atoms with E-state index < -0.39 is 9.84 Å². The monoisotopic (exact) mass is 1440 g/mol. The predicted octanol–water partition coefficient (Wildman–Crippen LogP) is 11.4. The average molecular weight is 1440 g/mol. The highest BCUT2D eigenvalue weighted by Crippen LogP contribution is 2.44. The fraction of sp³-hybridized carbons (Fsp3) is 0.975. The molecule has 0 radical (unpaired) electrons. The standard InChI is InChI=1S/2C7H13N.4C7H15N.C6H13N.C6H11N.C5H11N.C4H9NO2S.2C4H9NO.C4H9NS.C4H9N/c2*8-7-4-5-1-2-6(7)3-5;1-6-2-4-7(8)5-3-6;1-6-3-2-4-7(8)5-6;1-7(8)5-3-2-4-6-7;8-7-5-3-1-2-4-6-7;2*7-6-4-2-1-3-5-6;6-5-3-1-2-4-5;5-4-1-2-8(6,7)3-4;3*5-4-1-2-6-3-4;5-4-2-1-3-4/h2*5-7H,1-4,8H2;2*6-7H,2-5,8H2,1H3;2-6,8H2,1H3;7H,1-6,8H2;6H,1-5,7H2;1-2,6H,3-5,7H2;5H,1-4,6H2;4H,1-3,5H2;3*4H,1-3,5H2;4H,1-3,5H2/t5-,6+,7+;5-,6+,7-;;;;;;;;;3*4-;/m00........100./s1. The van der Waals surface area contributed by atoms with Crippen molar-refractivity contribution in [3.8, 4) is 0 Å². The maximum Gasteiger partial charge on any atom is 0.151 e. The van der Waals surface area contributed by atoms with Crippen LogP contribution in [0.3, 0.4) is 0 Å². The molecule has 0 amide bonds. The van der Waals surface area contributed by atoms with Gasteiger partial charge in [0.2, 0.25) is 0 Å². The SMILES string of the molecule is CC1(N)CCCCC1.CC1CCC(N)CC1.CC1CCCC(N)C1.NC1CC=CCC1.NC1CCC1.NC1CCCC1.NC1CCCCC1.NC1CCCCCC1.NC1CCS(=O)(=O)C1.N[C@@H]1CCOC1.N[C@@H]1C[C@H]2CC[C@@H]1C2.N[C@H]1CCOC1.N[C@H]1CCSC1.N[C@H]1C[C@H]2CC[C@@H]1C2. The van der Waals surface area contributed by atoms with Gasteiger partial charge < -0.3 is 89.7 Å². The van der Waals surface area contributed by atoms with E-state index in [-0.39, 0.29) is 23.1 Å². The van der Waals surface area contributed by atoms with Crippen LogP contribution in [0.25, 0.3) is 0 Å². The third kappa shape index (κ3) is 49.8. The van der Waals surface area contributed by atoms with Crippen LogP contribution < -0.4 is 80.3 Å². The summed E-state index contributed by atoms with van der Waals surface area (Å²) in [6.45, 7) is 10.0. The van der Waals surface area contributed by atoms with Crippen LogP contribution in [0.1, 0.15) is 316 Å². The maximum atomic E-state index is 10.6. The van der Waals surface area contributed by atoms with E-state index in [1.807, 2.05) is 11.8 Å². The molecule has 4 bridgehead atoms. The van der Waals surface area contributed by atoms with Crippen molar-refractivity contribution in [2.75, 3.05) is 49.4 Å². The molecule has 20 heteroatoms. The van der Waals surface area contributed by atoms with E-state index in [1.165, 1.54) is 281 Å². The lowest BCUT2D eigenvalue weighted by Gasteiger charge is -2.28. The lowest BCUT2D eigenvalue weighted by molar-refractivity contribution is 0.194. The van der Waals surface area contributed by atoms with Gasteiger partial charge in [-0.2, -0.15) is 11.8 Å². The zero-order chi connectivity index (χ0) is 72.7. The van der Waals surface area contributed by atoms with Crippen LogP contribution >= 0.6 is 11.8 Å². The van der Waals surface area contributed by atoms with Crippen LogP contribution in [0.2, 0.25) is 0 Å². The van der Waals surface area contributed by atoms with Gasteiger partial charge in [-0.1, -0.05) is 135 Å². The Morgan fingerprint density at radius 1 is 0.374 bits per heavy atom. The largest absolute Gasteiger partial charge is 0.380 e. The van der Waals surface area contributed by atoms with Crippen molar-refractivity contribution >= 4 is 21.6 Å². The van der Waals surface area contributed by atoms with Crippen LogP contribution in [0.15, 0.2) is 12.2 Å². The number of nitrogens with two attached hydrogens (primary N) is 14. The number of allylic oxidation sites excluding steroid dienone is 1. The topological polar surface area (TPSA) is 417 Å². The number of fused-ring (bicyclic) bond motifs is 4. The molecule has 13 atom stereocenters. The molecule has 4 saturated heterocycles. The molecule has 4 heterocycles. The molecule has 0 aromatic heterocycles. The summed E-state index contributed by atoms with van der Waals surface area (Å²) in [5.41, 5.74) is 78.6. The molecule has 4 unspecified atom stereocenters. The molecule has 12 aliphatic carbocycles. The Labute approximate surface area is 613 Å². The highest BCUT2D eigenvalue weighted by atomic mass is 32.2. The van der Waals surface area contributed by atoms with Crippen LogP contribution in [0.4, 0.5) is 0 Å². The molecular weight excluding hydrogens is 1270 g/mol. The summed E-state index contributed by atoms with van der Waals surface area (Å²) in [6, 6.07) is 5.87. The second-order valence-electron chi connectivity index (χ2n) is 33.9. The van der Waals surface area contributed by atoms with Gasteiger partial charge in [-0.3, -0.25) is 0 Å². The van der Waals surface area contributed by atoms with Crippen LogP contribution in [-0.2, 0) is 19.3 Å². The fourth-order valence-corrected chi connectivity index (χ4v) is 18.6. The van der Waals surface area contributed by atoms with E-state index in [9.17, 15) is 8.42 Å². The first-order valence-electron chi connectivity index (χ1n) is 41.5. The summed E-state index contributed by atoms with van der Waals surface area (Å²) in [5.74, 6) is 8.64. The fourth-order valence-electron chi connectivity index (χ4n) is 15.9. The number of thioether (sulfide) groups is 1. The summed E-state index contributed by atoms with van der Waals surface area (Å²) < 4.78 is 31.0. The summed E-state index contributed by atoms with van der Waals surface area (Å²) >= 11 is 1.96. The van der Waals surface area contributed by atoms with Gasteiger partial charge in [-0.15, -0.1) is 0 Å². The third-order valence-electron chi connectivity index (χ3n) is 23.2. The van der Waals surface area contributed by atoms with Crippen molar-refractivity contribution in [1.82, 2.24) is 0 Å². The molecule has 99 heavy (non-hydrogen) atoms. The van der Waals surface area contributed by atoms with E-state index in [0.29, 0.717) is 78.9 Å². The molecule has 0 aromatic rings. The Balaban J connectivity index is 0.000000278. The zero-order valence-corrected chi connectivity index (χ0v) is 66.0. The Morgan fingerprint density at radius 3 is 1.02 bits per heavy atom. The maximum absolute atomic E-state index is 10.6. The number of hydrogen-bond acceptors (Lipinski definition) is 19. The van der Waals surface area contributed by atoms with Crippen molar-refractivity contribution in [2.45, 2.75) is 400 Å². The van der Waals surface area contributed by atoms with E-state index in [1.54, 1.807) is 0 Å². The molecule has 0 spiro atoms. The molecule has 16 aliphatic rings. The molecule has 4 aliphatic heterocycles. The smallest absolute Gasteiger partial charge is 0.151 e. The third-order valence-corrected chi connectivity index (χ3v) is 26.2. The van der Waals surface area contributed by atoms with Crippen molar-refractivity contribution in [3.05, 3.63) is 12.2 Å². The van der Waals surface area contributed by atoms with Gasteiger partial charge in [0.25, 0.3) is 0 Å². The first kappa shape index (κ1) is 92.6. The minimum absolute atomic E-state index is 0.0972. The quantitative estimate of drug-likeness (QED) is 0.0791. The number of rotatable bonds is 0. The average Bonchev–Trinajstić information content (AvgIpc) is 1.70. The van der Waals surface area contributed by atoms with E-state index in [2.05, 4.69) is 32.9 Å². The molecular formula is C79H166N14O4S2. The van der Waals surface area contributed by atoms with Gasteiger partial charge in [0.15, 0.2) is 9.84 Å². The highest BCUT2D eigenvalue weighted by Gasteiger charge is 2.38. The van der Waals surface area contributed by atoms with Crippen molar-refractivity contribution < 1.29 is 17.9 Å². The van der Waals surface area contributed by atoms with Crippen molar-refractivity contribution in [2.24, 2.45) is 116 Å². The van der Waals surface area contributed by atoms with Gasteiger partial charge in [-0.05, 0) is 234 Å². The van der Waals surface area contributed by atoms with Crippen LogP contribution in [0.5, 0.6) is 0 Å². The predicted molar refractivity (Wildman–Crippen MR) is 428 cm³/mol. The number of hydrogen-bond donors (Lipinski definition) is 14. The van der Waals surface area contributed by atoms with Gasteiger partial charge in [0.05, 0.1) is 24.7 Å². The Bertz CT molecular complexity index is 1900. The van der Waals surface area contributed by atoms with E-state index in [4.69, 9.17) is 89.7 Å². The molecule has 28 N–H and O–H groups in total. The normalized spacial score (nSPS) is 35.2. The van der Waals surface area contributed by atoms with E-state index in [0.717, 1.165) is 81.2 Å². The molecule has 11 saturated carbocycles. The van der Waals surface area contributed by atoms with E-state index >= 15 is 0 Å². The van der Waals surface area contributed by atoms with Gasteiger partial charge in [0.1, 0.15) is 0 Å². The summed E-state index contributed by atoms with van der Waals surface area (Å²) in [4.78, 5) is 0. The number of sulfone groups is 1. The number of ether oxygens (including phenoxy) is 2. The minimum atomic E-state index is -2.72. The van der Waals surface area contributed by atoms with Crippen molar-refractivity contribution in [3.63, 3.8) is 0 Å². The first-order valence-corrected chi connectivity index (χ1v) is 44.4. The van der Waals surface area contributed by atoms with Gasteiger partial charge >= 0.3 is 0 Å². The molecule has 0 aromatic carbocycles. The Kier molecular flexibility index (Phi) is 52.2. The Morgan fingerprint density at radius 2 is 0.808 bits per heavy atom. The minimum Gasteiger partial charge on any atom is -0.380 e. The second kappa shape index (κ2) is 55.8.